The molecule has 9 heteroatoms. The first-order chi connectivity index (χ1) is 12.7. The number of nitrogens with two attached hydrogens (primary N) is 1. The largest absolute Gasteiger partial charge is 0.417 e. The molecule has 1 aliphatic heterocycles. The van der Waals surface area contributed by atoms with Crippen LogP contribution >= 0.6 is 0 Å². The number of hydrogen-bond acceptors (Lipinski definition) is 4. The number of pyridine rings is 1. The Hall–Kier alpha value is -2.13. The normalized spacial score (nSPS) is 15.9. The Bertz CT molecular complexity index is 845. The molecule has 3 heterocycles. The van der Waals surface area contributed by atoms with Crippen LogP contribution in [0.2, 0.25) is 0 Å². The van der Waals surface area contributed by atoms with Crippen LogP contribution in [0.15, 0.2) is 12.3 Å². The Labute approximate surface area is 155 Å². The Kier molecular flexibility index (Phi) is 5.43. The van der Waals surface area contributed by atoms with E-state index in [9.17, 15) is 18.0 Å². The predicted octanol–water partition coefficient (Wildman–Crippen LogP) is 2.46. The fraction of sp³-hybridized carbons (Fsp3) is 0.556. The molecule has 1 aliphatic rings. The molecule has 2 aromatic heterocycles. The second-order valence-corrected chi connectivity index (χ2v) is 6.93. The highest BCUT2D eigenvalue weighted by molar-refractivity contribution is 5.83. The van der Waals surface area contributed by atoms with Crippen molar-refractivity contribution < 1.29 is 22.7 Å². The highest BCUT2D eigenvalue weighted by Crippen LogP contribution is 2.34. The Morgan fingerprint density at radius 2 is 2.15 bits per heavy atom. The van der Waals surface area contributed by atoms with Gasteiger partial charge in [0.05, 0.1) is 31.7 Å². The number of halogens is 3. The van der Waals surface area contributed by atoms with E-state index in [-0.39, 0.29) is 18.4 Å². The van der Waals surface area contributed by atoms with E-state index in [4.69, 9.17) is 10.5 Å². The number of aromatic nitrogens is 2. The summed E-state index contributed by atoms with van der Waals surface area (Å²) in [6.07, 6.45) is -3.32. The number of fused-ring (bicyclic) bond motifs is 3. The fourth-order valence-corrected chi connectivity index (χ4v) is 3.31. The molecule has 3 rings (SSSR count). The number of carbonyl (C=O) groups excluding carboxylic acids is 1. The number of carbonyl (C=O) groups is 1. The lowest BCUT2D eigenvalue weighted by molar-refractivity contribution is -0.137. The molecule has 2 N–H and O–H groups in total. The number of hydrogen-bond donors (Lipinski definition) is 1. The Morgan fingerprint density at radius 3 is 2.81 bits per heavy atom. The molecule has 0 saturated carbocycles. The van der Waals surface area contributed by atoms with Crippen molar-refractivity contribution in [2.24, 2.45) is 5.73 Å². The molecule has 1 amide bonds. The first-order valence-corrected chi connectivity index (χ1v) is 8.84. The Balaban J connectivity index is 1.76. The predicted molar refractivity (Wildman–Crippen MR) is 94.0 cm³/mol. The van der Waals surface area contributed by atoms with E-state index in [0.29, 0.717) is 43.9 Å². The van der Waals surface area contributed by atoms with E-state index >= 15 is 0 Å². The standard InChI is InChI=1S/C18H23F3N4O2/c1-11(22)10-27-6-3-16(26)24-4-5-25-15(9-24)12(2)14-7-13(18(19,20)21)8-23-17(14)25/h7-8,11H,3-6,9-10,22H2,1-2H3/t11-/m0/s1. The Morgan fingerprint density at radius 1 is 1.41 bits per heavy atom. The van der Waals surface area contributed by atoms with E-state index in [1.54, 1.807) is 11.8 Å². The zero-order valence-electron chi connectivity index (χ0n) is 15.3. The van der Waals surface area contributed by atoms with Crippen LogP contribution in [0.1, 0.15) is 30.2 Å². The van der Waals surface area contributed by atoms with Gasteiger partial charge in [-0.3, -0.25) is 4.79 Å². The number of amides is 1. The van der Waals surface area contributed by atoms with Crippen molar-refractivity contribution in [3.8, 4) is 0 Å². The van der Waals surface area contributed by atoms with Crippen LogP contribution in [0.3, 0.4) is 0 Å². The van der Waals surface area contributed by atoms with Crippen LogP contribution in [0, 0.1) is 6.92 Å². The SMILES string of the molecule is Cc1c2n(c3ncc(C(F)(F)F)cc13)CCN(C(=O)CCOC[C@H](C)N)C2. The first-order valence-electron chi connectivity index (χ1n) is 8.84. The molecular formula is C18H23F3N4O2. The number of ether oxygens (including phenoxy) is 1. The zero-order valence-corrected chi connectivity index (χ0v) is 15.3. The molecule has 0 saturated heterocycles. The number of nitrogens with zero attached hydrogens (tertiary/aromatic N) is 3. The van der Waals surface area contributed by atoms with Gasteiger partial charge < -0.3 is 19.9 Å². The van der Waals surface area contributed by atoms with Gasteiger partial charge in [0.15, 0.2) is 0 Å². The molecule has 6 nitrogen and oxygen atoms in total. The maximum Gasteiger partial charge on any atom is 0.417 e. The molecule has 0 aromatic carbocycles. The van der Waals surface area contributed by atoms with Gasteiger partial charge in [-0.15, -0.1) is 0 Å². The van der Waals surface area contributed by atoms with Crippen molar-refractivity contribution in [3.05, 3.63) is 29.1 Å². The van der Waals surface area contributed by atoms with Gasteiger partial charge >= 0.3 is 6.18 Å². The smallest absolute Gasteiger partial charge is 0.379 e. The highest BCUT2D eigenvalue weighted by atomic mass is 19.4. The summed E-state index contributed by atoms with van der Waals surface area (Å²) in [5, 5.41) is 0.481. The molecule has 0 aliphatic carbocycles. The van der Waals surface area contributed by atoms with Crippen molar-refractivity contribution in [1.82, 2.24) is 14.5 Å². The second kappa shape index (κ2) is 7.47. The van der Waals surface area contributed by atoms with E-state index in [1.807, 2.05) is 11.5 Å². The van der Waals surface area contributed by atoms with Crippen molar-refractivity contribution in [2.45, 2.75) is 45.6 Å². The van der Waals surface area contributed by atoms with Gasteiger partial charge in [0.2, 0.25) is 5.91 Å². The van der Waals surface area contributed by atoms with Gasteiger partial charge in [-0.2, -0.15) is 13.2 Å². The maximum absolute atomic E-state index is 13.0. The van der Waals surface area contributed by atoms with Gasteiger partial charge in [-0.25, -0.2) is 4.98 Å². The van der Waals surface area contributed by atoms with E-state index < -0.39 is 11.7 Å². The molecule has 0 fully saturated rings. The van der Waals surface area contributed by atoms with Crippen LogP contribution in [-0.4, -0.2) is 46.2 Å². The second-order valence-electron chi connectivity index (χ2n) is 6.93. The summed E-state index contributed by atoms with van der Waals surface area (Å²) in [6, 6.07) is 1.05. The van der Waals surface area contributed by atoms with Crippen molar-refractivity contribution in [2.75, 3.05) is 19.8 Å². The summed E-state index contributed by atoms with van der Waals surface area (Å²) >= 11 is 0. The van der Waals surface area contributed by atoms with Gasteiger partial charge in [0.25, 0.3) is 0 Å². The molecular weight excluding hydrogens is 361 g/mol. The third-order valence-electron chi connectivity index (χ3n) is 4.74. The molecule has 0 bridgehead atoms. The van der Waals surface area contributed by atoms with Crippen LogP contribution in [0.4, 0.5) is 13.2 Å². The van der Waals surface area contributed by atoms with Gasteiger partial charge in [-0.05, 0) is 25.5 Å². The molecule has 1 atom stereocenters. The van der Waals surface area contributed by atoms with Crippen LogP contribution in [0.25, 0.3) is 11.0 Å². The maximum atomic E-state index is 13.0. The minimum absolute atomic E-state index is 0.0421. The van der Waals surface area contributed by atoms with Crippen molar-refractivity contribution >= 4 is 16.9 Å². The van der Waals surface area contributed by atoms with E-state index in [2.05, 4.69) is 4.98 Å². The van der Waals surface area contributed by atoms with Gasteiger partial charge in [0, 0.05) is 36.4 Å². The summed E-state index contributed by atoms with van der Waals surface area (Å²) in [4.78, 5) is 18.2. The minimum Gasteiger partial charge on any atom is -0.379 e. The van der Waals surface area contributed by atoms with Gasteiger partial charge in [-0.1, -0.05) is 0 Å². The van der Waals surface area contributed by atoms with Gasteiger partial charge in [0.1, 0.15) is 5.65 Å². The minimum atomic E-state index is -4.43. The molecule has 27 heavy (non-hydrogen) atoms. The van der Waals surface area contributed by atoms with Crippen LogP contribution < -0.4 is 5.73 Å². The summed E-state index contributed by atoms with van der Waals surface area (Å²) < 4.78 is 46.2. The monoisotopic (exact) mass is 384 g/mol. The summed E-state index contributed by atoms with van der Waals surface area (Å²) in [7, 11) is 0. The average molecular weight is 384 g/mol. The molecule has 0 spiro atoms. The van der Waals surface area contributed by atoms with E-state index in [1.165, 1.54) is 0 Å². The first kappa shape index (κ1) is 19.6. The quantitative estimate of drug-likeness (QED) is 0.804. The number of rotatable bonds is 5. The lowest BCUT2D eigenvalue weighted by atomic mass is 10.1. The lowest BCUT2D eigenvalue weighted by Crippen LogP contribution is -2.38. The lowest BCUT2D eigenvalue weighted by Gasteiger charge is -2.29. The summed E-state index contributed by atoms with van der Waals surface area (Å²) in [6.45, 7) is 5.65. The molecule has 0 unspecified atom stereocenters. The van der Waals surface area contributed by atoms with Crippen molar-refractivity contribution in [1.29, 1.82) is 0 Å². The number of alkyl halides is 3. The topological polar surface area (TPSA) is 73.4 Å². The zero-order chi connectivity index (χ0) is 19.8. The summed E-state index contributed by atoms with van der Waals surface area (Å²) in [5.74, 6) is -0.0421. The van der Waals surface area contributed by atoms with Crippen molar-refractivity contribution in [3.63, 3.8) is 0 Å². The molecule has 148 valence electrons. The third kappa shape index (κ3) is 4.08. The summed E-state index contributed by atoms with van der Waals surface area (Å²) in [5.41, 5.74) is 6.92. The molecule has 0 radical (unpaired) electrons. The molecule has 2 aromatic rings. The third-order valence-corrected chi connectivity index (χ3v) is 4.74. The van der Waals surface area contributed by atoms with E-state index in [0.717, 1.165) is 23.5 Å². The average Bonchev–Trinajstić information content (AvgIpc) is 2.89. The highest BCUT2D eigenvalue weighted by Gasteiger charge is 2.33. The fourth-order valence-electron chi connectivity index (χ4n) is 3.31. The van der Waals surface area contributed by atoms with Crippen LogP contribution in [0.5, 0.6) is 0 Å². The number of aryl methyl sites for hydroxylation is 1. The van der Waals surface area contributed by atoms with Crippen LogP contribution in [-0.2, 0) is 28.8 Å².